The van der Waals surface area contributed by atoms with E-state index in [1.54, 1.807) is 0 Å². The number of hydrogen-bond donors (Lipinski definition) is 2. The first-order chi connectivity index (χ1) is 14.4. The summed E-state index contributed by atoms with van der Waals surface area (Å²) < 4.78 is 13.3. The fourth-order valence-corrected chi connectivity index (χ4v) is 3.79. The van der Waals surface area contributed by atoms with E-state index in [-0.39, 0.29) is 16.4 Å². The van der Waals surface area contributed by atoms with Gasteiger partial charge in [0.15, 0.2) is 14.0 Å². The molecule has 0 fully saturated rings. The number of ether oxygens (including phenoxy) is 1. The van der Waals surface area contributed by atoms with Gasteiger partial charge in [-0.25, -0.2) is 4.79 Å². The van der Waals surface area contributed by atoms with E-state index < -0.39 is 26.2 Å². The molecule has 9 heteroatoms. The molecule has 2 N–H and O–H groups in total. The zero-order valence-electron chi connectivity index (χ0n) is 19.4. The van der Waals surface area contributed by atoms with E-state index in [0.717, 1.165) is 5.56 Å². The molecule has 0 aliphatic carbocycles. The van der Waals surface area contributed by atoms with E-state index in [1.165, 1.54) is 17.8 Å². The molecule has 31 heavy (non-hydrogen) atoms. The molecule has 0 bridgehead atoms. The highest BCUT2D eigenvalue weighted by molar-refractivity contribution is 6.74. The van der Waals surface area contributed by atoms with Crippen molar-refractivity contribution < 1.29 is 23.9 Å². The van der Waals surface area contributed by atoms with Gasteiger partial charge in [-0.3, -0.25) is 9.48 Å². The van der Waals surface area contributed by atoms with Gasteiger partial charge in [0.05, 0.1) is 12.6 Å². The molecule has 1 heterocycles. The highest BCUT2D eigenvalue weighted by Gasteiger charge is 2.36. The number of hydrogen-bond acceptors (Lipinski definition) is 5. The topological polar surface area (TPSA) is 103 Å². The average molecular weight is 448 g/mol. The first kappa shape index (κ1) is 24.6. The van der Waals surface area contributed by atoms with Crippen molar-refractivity contribution in [1.82, 2.24) is 15.1 Å². The Balaban J connectivity index is 2.12. The van der Waals surface area contributed by atoms with Gasteiger partial charge in [0.2, 0.25) is 0 Å². The number of nitrogens with zero attached hydrogens (tertiary/aromatic N) is 2. The van der Waals surface area contributed by atoms with Crippen molar-refractivity contribution in [3.05, 3.63) is 47.3 Å². The van der Waals surface area contributed by atoms with E-state index in [2.05, 4.69) is 44.3 Å². The predicted octanol–water partition coefficient (Wildman–Crippen LogP) is 3.95. The first-order valence-electron chi connectivity index (χ1n) is 10.3. The maximum Gasteiger partial charge on any atom is 0.354 e. The molecular weight excluding hydrogens is 414 g/mol. The van der Waals surface area contributed by atoms with E-state index in [0.29, 0.717) is 19.0 Å². The molecule has 1 atom stereocenters. The summed E-state index contributed by atoms with van der Waals surface area (Å²) >= 11 is 0. The van der Waals surface area contributed by atoms with Crippen LogP contribution in [0, 0.1) is 0 Å². The van der Waals surface area contributed by atoms with Gasteiger partial charge in [0, 0.05) is 13.1 Å². The summed E-state index contributed by atoms with van der Waals surface area (Å²) in [6.07, 6.45) is 0. The van der Waals surface area contributed by atoms with Crippen molar-refractivity contribution in [2.45, 2.75) is 51.9 Å². The number of carboxylic acids is 1. The highest BCUT2D eigenvalue weighted by Crippen LogP contribution is 2.36. The second kappa shape index (κ2) is 9.65. The lowest BCUT2D eigenvalue weighted by Crippen LogP contribution is -2.41. The number of aromatic nitrogens is 2. The Hall–Kier alpha value is -2.65. The Labute approximate surface area is 184 Å². The Morgan fingerprint density at radius 3 is 2.48 bits per heavy atom. The smallest absolute Gasteiger partial charge is 0.354 e. The monoisotopic (exact) mass is 447 g/mol. The lowest BCUT2D eigenvalue weighted by atomic mass is 10.1. The van der Waals surface area contributed by atoms with Crippen LogP contribution in [0.2, 0.25) is 18.1 Å². The third kappa shape index (κ3) is 5.95. The van der Waals surface area contributed by atoms with Crippen LogP contribution in [0.3, 0.4) is 0 Å². The van der Waals surface area contributed by atoms with Gasteiger partial charge in [0.1, 0.15) is 18.1 Å². The molecule has 0 saturated heterocycles. The first-order valence-corrected chi connectivity index (χ1v) is 13.2. The van der Waals surface area contributed by atoms with Crippen LogP contribution in [-0.4, -0.2) is 55.3 Å². The van der Waals surface area contributed by atoms with Crippen LogP contribution in [0.15, 0.2) is 30.3 Å². The number of carboxylic acid groups (broad SMARTS) is 1. The number of benzene rings is 1. The molecule has 1 aromatic carbocycles. The van der Waals surface area contributed by atoms with Crippen LogP contribution in [0.1, 0.15) is 60.3 Å². The van der Waals surface area contributed by atoms with Crippen LogP contribution < -0.4 is 10.1 Å². The molecule has 8 nitrogen and oxygen atoms in total. The van der Waals surface area contributed by atoms with Crippen molar-refractivity contribution in [2.24, 2.45) is 0 Å². The Kier molecular flexibility index (Phi) is 7.66. The van der Waals surface area contributed by atoms with E-state index in [4.69, 9.17) is 9.16 Å². The fourth-order valence-electron chi connectivity index (χ4n) is 2.77. The van der Waals surface area contributed by atoms with Crippen molar-refractivity contribution in [3.63, 3.8) is 0 Å². The molecule has 1 amide bonds. The van der Waals surface area contributed by atoms with Gasteiger partial charge in [-0.15, -0.1) is 0 Å². The summed E-state index contributed by atoms with van der Waals surface area (Å²) in [5.41, 5.74) is 0.819. The van der Waals surface area contributed by atoms with Crippen LogP contribution in [0.4, 0.5) is 0 Å². The van der Waals surface area contributed by atoms with Gasteiger partial charge in [0.25, 0.3) is 5.91 Å². The second-order valence-corrected chi connectivity index (χ2v) is 13.8. The minimum Gasteiger partial charge on any atom is -0.491 e. The highest BCUT2D eigenvalue weighted by atomic mass is 28.4. The van der Waals surface area contributed by atoms with E-state index >= 15 is 0 Å². The number of carbonyl (C=O) groups excluding carboxylic acids is 1. The minimum absolute atomic E-state index is 0.0554. The van der Waals surface area contributed by atoms with Gasteiger partial charge in [-0.05, 0) is 42.8 Å². The van der Waals surface area contributed by atoms with Gasteiger partial charge >= 0.3 is 5.97 Å². The summed E-state index contributed by atoms with van der Waals surface area (Å²) in [6, 6.07) is 8.28. The minimum atomic E-state index is -1.82. The molecule has 170 valence electrons. The van der Waals surface area contributed by atoms with E-state index in [9.17, 15) is 14.7 Å². The van der Waals surface area contributed by atoms with Crippen molar-refractivity contribution in [2.75, 3.05) is 20.3 Å². The summed E-state index contributed by atoms with van der Waals surface area (Å²) in [7, 11) is -0.350. The van der Waals surface area contributed by atoms with Crippen LogP contribution in [0.5, 0.6) is 5.75 Å². The molecule has 0 spiro atoms. The molecule has 0 radical (unpaired) electrons. The quantitative estimate of drug-likeness (QED) is 0.446. The van der Waals surface area contributed by atoms with Crippen LogP contribution >= 0.6 is 0 Å². The number of carbonyl (C=O) groups is 2. The van der Waals surface area contributed by atoms with Crippen LogP contribution in [-0.2, 0) is 4.43 Å². The lowest BCUT2D eigenvalue weighted by molar-refractivity contribution is 0.0681. The summed E-state index contributed by atoms with van der Waals surface area (Å²) in [6.45, 7) is 13.7. The normalized spacial score (nSPS) is 13.0. The van der Waals surface area contributed by atoms with Crippen molar-refractivity contribution in [3.8, 4) is 5.75 Å². The molecular formula is C22H33N3O5Si. The van der Waals surface area contributed by atoms with Gasteiger partial charge in [-0.1, -0.05) is 32.9 Å². The number of rotatable bonds is 9. The molecule has 2 aromatic rings. The maximum atomic E-state index is 11.9. The summed E-state index contributed by atoms with van der Waals surface area (Å²) in [5.74, 6) is -0.921. The van der Waals surface area contributed by atoms with Gasteiger partial charge in [-0.2, -0.15) is 5.10 Å². The Morgan fingerprint density at radius 1 is 1.23 bits per heavy atom. The predicted molar refractivity (Wildman–Crippen MR) is 121 cm³/mol. The SMILES string of the molecule is CNC(=O)c1cc(C(=O)O)n([C@H](C)c2cccc(OCCO[Si](C)(C)C(C)(C)C)c2)n1. The zero-order valence-corrected chi connectivity index (χ0v) is 20.4. The fraction of sp³-hybridized carbons (Fsp3) is 0.500. The zero-order chi connectivity index (χ0) is 23.4. The van der Waals surface area contributed by atoms with Gasteiger partial charge < -0.3 is 19.6 Å². The molecule has 0 aliphatic heterocycles. The number of amides is 1. The number of aromatic carboxylic acids is 1. The standard InChI is InChI=1S/C22H33N3O5Si/c1-15(25-19(21(27)28)14-18(24-25)20(26)23-5)16-9-8-10-17(13-16)29-11-12-30-31(6,7)22(2,3)4/h8-10,13-15H,11-12H2,1-7H3,(H,23,26)(H,27,28)/t15-/m1/s1. The molecule has 1 aromatic heterocycles. The van der Waals surface area contributed by atoms with Crippen molar-refractivity contribution in [1.29, 1.82) is 0 Å². The van der Waals surface area contributed by atoms with Crippen molar-refractivity contribution >= 4 is 20.2 Å². The Bertz CT molecular complexity index is 933. The molecule has 0 aliphatic rings. The Morgan fingerprint density at radius 2 is 1.90 bits per heavy atom. The third-order valence-electron chi connectivity index (χ3n) is 5.74. The van der Waals surface area contributed by atoms with E-state index in [1.807, 2.05) is 31.2 Å². The average Bonchev–Trinajstić information content (AvgIpc) is 3.15. The largest absolute Gasteiger partial charge is 0.491 e. The lowest BCUT2D eigenvalue weighted by Gasteiger charge is -2.36. The third-order valence-corrected chi connectivity index (χ3v) is 10.3. The second-order valence-electron chi connectivity index (χ2n) is 8.95. The maximum absolute atomic E-state index is 11.9. The molecule has 0 unspecified atom stereocenters. The molecule has 0 saturated carbocycles. The molecule has 2 rings (SSSR count). The summed E-state index contributed by atoms with van der Waals surface area (Å²) in [5, 5.41) is 16.3. The number of nitrogens with one attached hydrogen (secondary N) is 1. The van der Waals surface area contributed by atoms with Crippen LogP contribution in [0.25, 0.3) is 0 Å². The summed E-state index contributed by atoms with van der Waals surface area (Å²) in [4.78, 5) is 23.5.